The van der Waals surface area contributed by atoms with Crippen molar-refractivity contribution in [3.8, 4) is 0 Å². The summed E-state index contributed by atoms with van der Waals surface area (Å²) in [5, 5.41) is 3.65. The standard InChI is InChI=1S/C19H28N2O3/c1-19(2,3)24-18(22)21-10-7-14(8-11-21)13-20-16-5-4-6-17-15(16)9-12-23-17/h7,9,12,16,20H,4-6,8,10-11,13H2,1-3H3. The molecular weight excluding hydrogens is 304 g/mol. The van der Waals surface area contributed by atoms with Crippen molar-refractivity contribution in [2.75, 3.05) is 19.6 Å². The average Bonchev–Trinajstić information content (AvgIpc) is 3.01. The van der Waals surface area contributed by atoms with Crippen molar-refractivity contribution in [1.82, 2.24) is 10.2 Å². The maximum atomic E-state index is 12.1. The lowest BCUT2D eigenvalue weighted by atomic mass is 9.93. The van der Waals surface area contributed by atoms with Crippen LogP contribution in [-0.2, 0) is 11.2 Å². The Morgan fingerprint density at radius 3 is 2.96 bits per heavy atom. The molecule has 1 amide bonds. The second-order valence-corrected chi connectivity index (χ2v) is 7.66. The van der Waals surface area contributed by atoms with Gasteiger partial charge in [-0.05, 0) is 46.1 Å². The maximum absolute atomic E-state index is 12.1. The fraction of sp³-hybridized carbons (Fsp3) is 0.632. The fourth-order valence-electron chi connectivity index (χ4n) is 3.32. The van der Waals surface area contributed by atoms with Crippen molar-refractivity contribution < 1.29 is 13.9 Å². The predicted molar refractivity (Wildman–Crippen MR) is 92.9 cm³/mol. The normalized spacial score (nSPS) is 21.2. The number of hydrogen-bond acceptors (Lipinski definition) is 4. The highest BCUT2D eigenvalue weighted by atomic mass is 16.6. The molecule has 3 rings (SSSR count). The number of aryl methyl sites for hydroxylation is 1. The van der Waals surface area contributed by atoms with Gasteiger partial charge in [-0.3, -0.25) is 0 Å². The van der Waals surface area contributed by atoms with Crippen LogP contribution in [0.15, 0.2) is 28.4 Å². The van der Waals surface area contributed by atoms with Crippen molar-refractivity contribution in [2.24, 2.45) is 0 Å². The quantitative estimate of drug-likeness (QED) is 0.855. The van der Waals surface area contributed by atoms with Crippen LogP contribution in [0, 0.1) is 0 Å². The molecule has 1 aromatic rings. The van der Waals surface area contributed by atoms with Gasteiger partial charge in [-0.1, -0.05) is 11.6 Å². The van der Waals surface area contributed by atoms with Gasteiger partial charge in [0.15, 0.2) is 0 Å². The Kier molecular flexibility index (Phi) is 4.99. The Balaban J connectivity index is 1.49. The molecule has 0 spiro atoms. The van der Waals surface area contributed by atoms with E-state index in [0.717, 1.165) is 38.1 Å². The number of carbonyl (C=O) groups excluding carboxylic acids is 1. The zero-order valence-electron chi connectivity index (χ0n) is 14.9. The number of hydrogen-bond donors (Lipinski definition) is 1. The van der Waals surface area contributed by atoms with E-state index in [1.54, 1.807) is 11.2 Å². The first-order valence-corrected chi connectivity index (χ1v) is 8.88. The zero-order chi connectivity index (χ0) is 17.2. The summed E-state index contributed by atoms with van der Waals surface area (Å²) in [6.45, 7) is 7.92. The van der Waals surface area contributed by atoms with Crippen molar-refractivity contribution in [3.05, 3.63) is 35.3 Å². The molecule has 0 saturated carbocycles. The predicted octanol–water partition coefficient (Wildman–Crippen LogP) is 3.81. The van der Waals surface area contributed by atoms with E-state index in [4.69, 9.17) is 9.15 Å². The number of fused-ring (bicyclic) bond motifs is 1. The lowest BCUT2D eigenvalue weighted by Crippen LogP contribution is -2.40. The lowest BCUT2D eigenvalue weighted by molar-refractivity contribution is 0.0265. The van der Waals surface area contributed by atoms with E-state index in [0.29, 0.717) is 12.6 Å². The Bertz CT molecular complexity index is 612. The molecule has 1 N–H and O–H groups in total. The molecule has 1 aliphatic heterocycles. The average molecular weight is 332 g/mol. The van der Waals surface area contributed by atoms with Crippen LogP contribution in [0.4, 0.5) is 4.79 Å². The largest absolute Gasteiger partial charge is 0.469 e. The third-order valence-electron chi connectivity index (χ3n) is 4.58. The van der Waals surface area contributed by atoms with E-state index in [1.165, 1.54) is 17.6 Å². The van der Waals surface area contributed by atoms with E-state index >= 15 is 0 Å². The van der Waals surface area contributed by atoms with E-state index in [1.807, 2.05) is 20.8 Å². The fourth-order valence-corrected chi connectivity index (χ4v) is 3.32. The van der Waals surface area contributed by atoms with Crippen LogP contribution in [0.2, 0.25) is 0 Å². The minimum atomic E-state index is -0.439. The Hall–Kier alpha value is -1.75. The number of ether oxygens (including phenoxy) is 1. The first kappa shape index (κ1) is 17.1. The SMILES string of the molecule is CC(C)(C)OC(=O)N1CC=C(CNC2CCCc3occc32)CC1. The summed E-state index contributed by atoms with van der Waals surface area (Å²) in [6, 6.07) is 2.48. The van der Waals surface area contributed by atoms with Gasteiger partial charge in [-0.2, -0.15) is 0 Å². The monoisotopic (exact) mass is 332 g/mol. The van der Waals surface area contributed by atoms with Crippen molar-refractivity contribution in [1.29, 1.82) is 0 Å². The lowest BCUT2D eigenvalue weighted by Gasteiger charge is -2.30. The van der Waals surface area contributed by atoms with Crippen LogP contribution in [0.3, 0.4) is 0 Å². The van der Waals surface area contributed by atoms with Crippen LogP contribution in [0.5, 0.6) is 0 Å². The van der Waals surface area contributed by atoms with Crippen molar-refractivity contribution in [3.63, 3.8) is 0 Å². The molecule has 1 aliphatic carbocycles. The van der Waals surface area contributed by atoms with Gasteiger partial charge in [0.1, 0.15) is 11.4 Å². The number of nitrogens with one attached hydrogen (secondary N) is 1. The van der Waals surface area contributed by atoms with E-state index in [9.17, 15) is 4.79 Å². The third-order valence-corrected chi connectivity index (χ3v) is 4.58. The molecule has 2 aliphatic rings. The summed E-state index contributed by atoms with van der Waals surface area (Å²) in [6.07, 6.45) is 8.00. The smallest absolute Gasteiger partial charge is 0.410 e. The Labute approximate surface area is 144 Å². The number of nitrogens with zero attached hydrogens (tertiary/aromatic N) is 1. The summed E-state index contributed by atoms with van der Waals surface area (Å²) >= 11 is 0. The van der Waals surface area contributed by atoms with Gasteiger partial charge >= 0.3 is 6.09 Å². The highest BCUT2D eigenvalue weighted by molar-refractivity contribution is 5.68. The Morgan fingerprint density at radius 2 is 2.25 bits per heavy atom. The third kappa shape index (κ3) is 4.20. The van der Waals surface area contributed by atoms with Gasteiger partial charge in [0.2, 0.25) is 0 Å². The van der Waals surface area contributed by atoms with Crippen molar-refractivity contribution in [2.45, 2.75) is 58.1 Å². The zero-order valence-corrected chi connectivity index (χ0v) is 14.9. The van der Waals surface area contributed by atoms with Crippen LogP contribution >= 0.6 is 0 Å². The highest BCUT2D eigenvalue weighted by Gasteiger charge is 2.25. The highest BCUT2D eigenvalue weighted by Crippen LogP contribution is 2.30. The van der Waals surface area contributed by atoms with Crippen molar-refractivity contribution >= 4 is 6.09 Å². The molecule has 2 heterocycles. The molecule has 5 heteroatoms. The minimum Gasteiger partial charge on any atom is -0.469 e. The van der Waals surface area contributed by atoms with Gasteiger partial charge in [0, 0.05) is 37.7 Å². The van der Waals surface area contributed by atoms with Gasteiger partial charge in [0.25, 0.3) is 0 Å². The molecule has 132 valence electrons. The number of furan rings is 1. The second-order valence-electron chi connectivity index (χ2n) is 7.66. The number of rotatable bonds is 3. The molecule has 1 aromatic heterocycles. The Morgan fingerprint density at radius 1 is 1.42 bits per heavy atom. The summed E-state index contributed by atoms with van der Waals surface area (Å²) < 4.78 is 11.0. The van der Waals surface area contributed by atoms with E-state index < -0.39 is 5.60 Å². The summed E-state index contributed by atoms with van der Waals surface area (Å²) in [7, 11) is 0. The van der Waals surface area contributed by atoms with Crippen LogP contribution in [0.25, 0.3) is 0 Å². The van der Waals surface area contributed by atoms with E-state index in [-0.39, 0.29) is 6.09 Å². The second kappa shape index (κ2) is 7.01. The summed E-state index contributed by atoms with van der Waals surface area (Å²) in [4.78, 5) is 13.8. The maximum Gasteiger partial charge on any atom is 0.410 e. The van der Waals surface area contributed by atoms with E-state index in [2.05, 4.69) is 17.5 Å². The van der Waals surface area contributed by atoms with Gasteiger partial charge in [-0.15, -0.1) is 0 Å². The molecule has 5 nitrogen and oxygen atoms in total. The van der Waals surface area contributed by atoms with Gasteiger partial charge in [-0.25, -0.2) is 4.79 Å². The molecule has 0 radical (unpaired) electrons. The molecule has 1 unspecified atom stereocenters. The van der Waals surface area contributed by atoms with Gasteiger partial charge in [0.05, 0.1) is 6.26 Å². The molecule has 0 fully saturated rings. The first-order valence-electron chi connectivity index (χ1n) is 8.88. The van der Waals surface area contributed by atoms with Gasteiger partial charge < -0.3 is 19.4 Å². The molecular formula is C19H28N2O3. The van der Waals surface area contributed by atoms with Crippen LogP contribution in [-0.4, -0.2) is 36.2 Å². The molecule has 0 saturated heterocycles. The molecule has 0 bridgehead atoms. The summed E-state index contributed by atoms with van der Waals surface area (Å²) in [5.74, 6) is 1.13. The summed E-state index contributed by atoms with van der Waals surface area (Å²) in [5.41, 5.74) is 2.24. The minimum absolute atomic E-state index is 0.221. The topological polar surface area (TPSA) is 54.7 Å². The van der Waals surface area contributed by atoms with Crippen LogP contribution in [0.1, 0.15) is 57.4 Å². The molecule has 0 aromatic carbocycles. The first-order chi connectivity index (χ1) is 11.4. The molecule has 1 atom stereocenters. The number of carbonyl (C=O) groups is 1. The molecule has 24 heavy (non-hydrogen) atoms. The van der Waals surface area contributed by atoms with Crippen LogP contribution < -0.4 is 5.32 Å². The number of amides is 1.